The number of nitrogens with one attached hydrogen (secondary N) is 1. The fourth-order valence-corrected chi connectivity index (χ4v) is 2.61. The average molecular weight is 298 g/mol. The van der Waals surface area contributed by atoms with Crippen molar-refractivity contribution in [2.45, 2.75) is 37.6 Å². The highest BCUT2D eigenvalue weighted by Crippen LogP contribution is 2.28. The van der Waals surface area contributed by atoms with Crippen LogP contribution in [0.25, 0.3) is 0 Å². The van der Waals surface area contributed by atoms with Gasteiger partial charge in [0.15, 0.2) is 0 Å². The van der Waals surface area contributed by atoms with Gasteiger partial charge < -0.3 is 5.32 Å². The van der Waals surface area contributed by atoms with Crippen molar-refractivity contribution >= 4 is 29.1 Å². The summed E-state index contributed by atoms with van der Waals surface area (Å²) in [6, 6.07) is 5.25. The van der Waals surface area contributed by atoms with Gasteiger partial charge in [-0.15, -0.1) is 0 Å². The van der Waals surface area contributed by atoms with E-state index in [1.165, 1.54) is 12.1 Å². The standard InChI is InChI=1S/C13H13Cl2N3O/c14-9-4-5-10(15)17-11(9)12(19)18-13(8-16)6-2-1-3-7-13/h4-5H,1-3,6-7H2,(H,18,19). The van der Waals surface area contributed by atoms with Crippen LogP contribution in [-0.2, 0) is 0 Å². The molecule has 1 aromatic rings. The minimum atomic E-state index is -0.803. The van der Waals surface area contributed by atoms with Crippen molar-refractivity contribution in [2.24, 2.45) is 0 Å². The minimum Gasteiger partial charge on any atom is -0.332 e. The van der Waals surface area contributed by atoms with Crippen LogP contribution in [0.3, 0.4) is 0 Å². The van der Waals surface area contributed by atoms with Crippen LogP contribution in [-0.4, -0.2) is 16.4 Å². The Bertz CT molecular complexity index is 533. The molecular weight excluding hydrogens is 285 g/mol. The van der Waals surface area contributed by atoms with Crippen molar-refractivity contribution in [3.8, 4) is 6.07 Å². The largest absolute Gasteiger partial charge is 0.332 e. The van der Waals surface area contributed by atoms with Crippen molar-refractivity contribution in [2.75, 3.05) is 0 Å². The van der Waals surface area contributed by atoms with E-state index in [9.17, 15) is 10.1 Å². The summed E-state index contributed by atoms with van der Waals surface area (Å²) in [5.74, 6) is -0.448. The third-order valence-electron chi connectivity index (χ3n) is 3.30. The van der Waals surface area contributed by atoms with E-state index >= 15 is 0 Å². The summed E-state index contributed by atoms with van der Waals surface area (Å²) in [5, 5.41) is 12.5. The molecular formula is C13H13Cl2N3O. The second kappa shape index (κ2) is 5.77. The second-order valence-corrected chi connectivity index (χ2v) is 5.47. The Hall–Kier alpha value is -1.31. The molecule has 0 unspecified atom stereocenters. The number of nitriles is 1. The summed E-state index contributed by atoms with van der Waals surface area (Å²) < 4.78 is 0. The number of nitrogens with zero attached hydrogens (tertiary/aromatic N) is 2. The molecule has 0 atom stereocenters. The predicted molar refractivity (Wildman–Crippen MR) is 73.2 cm³/mol. The quantitative estimate of drug-likeness (QED) is 0.851. The van der Waals surface area contributed by atoms with Gasteiger partial charge >= 0.3 is 0 Å². The lowest BCUT2D eigenvalue weighted by Gasteiger charge is -2.31. The number of amides is 1. The van der Waals surface area contributed by atoms with Crippen LogP contribution in [0.15, 0.2) is 12.1 Å². The summed E-state index contributed by atoms with van der Waals surface area (Å²) in [7, 11) is 0. The summed E-state index contributed by atoms with van der Waals surface area (Å²) in [5.41, 5.74) is -0.739. The molecule has 6 heteroatoms. The normalized spacial score (nSPS) is 17.5. The van der Waals surface area contributed by atoms with E-state index < -0.39 is 11.4 Å². The maximum Gasteiger partial charge on any atom is 0.272 e. The molecule has 0 saturated heterocycles. The highest BCUT2D eigenvalue weighted by Gasteiger charge is 2.34. The van der Waals surface area contributed by atoms with Gasteiger partial charge in [0.2, 0.25) is 0 Å². The number of pyridine rings is 1. The molecule has 0 spiro atoms. The average Bonchev–Trinajstić information content (AvgIpc) is 2.42. The summed E-state index contributed by atoms with van der Waals surface area (Å²) in [4.78, 5) is 16.1. The Balaban J connectivity index is 2.20. The van der Waals surface area contributed by atoms with Gasteiger partial charge in [-0.25, -0.2) is 4.98 Å². The molecule has 1 aliphatic rings. The fourth-order valence-electron chi connectivity index (χ4n) is 2.27. The third-order valence-corrected chi connectivity index (χ3v) is 3.82. The van der Waals surface area contributed by atoms with E-state index in [0.717, 1.165) is 19.3 Å². The van der Waals surface area contributed by atoms with Crippen LogP contribution in [0.2, 0.25) is 10.2 Å². The number of hydrogen-bond donors (Lipinski definition) is 1. The zero-order valence-electron chi connectivity index (χ0n) is 10.2. The van der Waals surface area contributed by atoms with Crippen LogP contribution >= 0.6 is 23.2 Å². The maximum absolute atomic E-state index is 12.2. The summed E-state index contributed by atoms with van der Waals surface area (Å²) in [6.07, 6.45) is 4.28. The first-order valence-corrected chi connectivity index (χ1v) is 6.88. The maximum atomic E-state index is 12.2. The highest BCUT2D eigenvalue weighted by atomic mass is 35.5. The summed E-state index contributed by atoms with van der Waals surface area (Å²) in [6.45, 7) is 0. The molecule has 1 aliphatic carbocycles. The number of rotatable bonds is 2. The lowest BCUT2D eigenvalue weighted by Crippen LogP contribution is -2.48. The van der Waals surface area contributed by atoms with Crippen LogP contribution in [0.5, 0.6) is 0 Å². The second-order valence-electron chi connectivity index (χ2n) is 4.67. The number of carbonyl (C=O) groups is 1. The first-order valence-electron chi connectivity index (χ1n) is 6.12. The summed E-state index contributed by atoms with van der Waals surface area (Å²) >= 11 is 11.7. The van der Waals surface area contributed by atoms with Gasteiger partial charge in [-0.3, -0.25) is 4.79 Å². The van der Waals surface area contributed by atoms with Crippen molar-refractivity contribution in [1.29, 1.82) is 5.26 Å². The van der Waals surface area contributed by atoms with E-state index in [1.54, 1.807) is 0 Å². The van der Waals surface area contributed by atoms with Gasteiger partial charge in [0.1, 0.15) is 16.4 Å². The molecule has 19 heavy (non-hydrogen) atoms. The van der Waals surface area contributed by atoms with Gasteiger partial charge in [0.05, 0.1) is 11.1 Å². The Labute approximate surface area is 121 Å². The van der Waals surface area contributed by atoms with Crippen LogP contribution < -0.4 is 5.32 Å². The Morgan fingerprint density at radius 3 is 2.63 bits per heavy atom. The number of halogens is 2. The van der Waals surface area contributed by atoms with Crippen LogP contribution in [0.1, 0.15) is 42.6 Å². The molecule has 1 aromatic heterocycles. The molecule has 1 saturated carbocycles. The molecule has 0 aliphatic heterocycles. The SMILES string of the molecule is N#CC1(NC(=O)c2nc(Cl)ccc2Cl)CCCCC1. The number of hydrogen-bond acceptors (Lipinski definition) is 3. The van der Waals surface area contributed by atoms with Crippen LogP contribution in [0.4, 0.5) is 0 Å². The van der Waals surface area contributed by atoms with E-state index in [4.69, 9.17) is 23.2 Å². The van der Waals surface area contributed by atoms with E-state index in [0.29, 0.717) is 12.8 Å². The van der Waals surface area contributed by atoms with E-state index in [2.05, 4.69) is 16.4 Å². The number of aromatic nitrogens is 1. The van der Waals surface area contributed by atoms with Gasteiger partial charge in [0, 0.05) is 0 Å². The topological polar surface area (TPSA) is 65.8 Å². The first kappa shape index (κ1) is 14.1. The molecule has 0 radical (unpaired) electrons. The van der Waals surface area contributed by atoms with Gasteiger partial charge in [-0.05, 0) is 25.0 Å². The van der Waals surface area contributed by atoms with Gasteiger partial charge in [-0.2, -0.15) is 5.26 Å². The van der Waals surface area contributed by atoms with Crippen LogP contribution in [0, 0.1) is 11.3 Å². The first-order chi connectivity index (χ1) is 9.06. The molecule has 0 aromatic carbocycles. The Morgan fingerprint density at radius 2 is 2.00 bits per heavy atom. The zero-order chi connectivity index (χ0) is 13.9. The minimum absolute atomic E-state index is 0.0642. The molecule has 0 bridgehead atoms. The smallest absolute Gasteiger partial charge is 0.272 e. The number of carbonyl (C=O) groups excluding carboxylic acids is 1. The van der Waals surface area contributed by atoms with Gasteiger partial charge in [-0.1, -0.05) is 42.5 Å². The van der Waals surface area contributed by atoms with Crippen molar-refractivity contribution in [3.63, 3.8) is 0 Å². The van der Waals surface area contributed by atoms with Crippen molar-refractivity contribution < 1.29 is 4.79 Å². The third kappa shape index (κ3) is 3.17. The van der Waals surface area contributed by atoms with Crippen molar-refractivity contribution in [3.05, 3.63) is 28.0 Å². The Morgan fingerprint density at radius 1 is 1.32 bits per heavy atom. The molecule has 4 nitrogen and oxygen atoms in total. The molecule has 1 fully saturated rings. The van der Waals surface area contributed by atoms with E-state index in [-0.39, 0.29) is 15.9 Å². The monoisotopic (exact) mass is 297 g/mol. The Kier molecular flexibility index (Phi) is 4.28. The molecule has 100 valence electrons. The highest BCUT2D eigenvalue weighted by molar-refractivity contribution is 6.34. The predicted octanol–water partition coefficient (Wildman–Crippen LogP) is 3.34. The van der Waals surface area contributed by atoms with E-state index in [1.807, 2.05) is 0 Å². The molecule has 1 N–H and O–H groups in total. The molecule has 2 rings (SSSR count). The molecule has 1 amide bonds. The van der Waals surface area contributed by atoms with Crippen molar-refractivity contribution in [1.82, 2.24) is 10.3 Å². The lowest BCUT2D eigenvalue weighted by molar-refractivity contribution is 0.0897. The molecule has 1 heterocycles. The van der Waals surface area contributed by atoms with Gasteiger partial charge in [0.25, 0.3) is 5.91 Å². The lowest BCUT2D eigenvalue weighted by atomic mass is 9.83. The zero-order valence-corrected chi connectivity index (χ0v) is 11.8. The fraction of sp³-hybridized carbons (Fsp3) is 0.462.